The van der Waals surface area contributed by atoms with Crippen LogP contribution in [0.4, 0.5) is 38.2 Å². The summed E-state index contributed by atoms with van der Waals surface area (Å²) in [7, 11) is 0. The molecule has 1 aliphatic rings. The fraction of sp³-hybridized carbons (Fsp3) is 0.368. The van der Waals surface area contributed by atoms with E-state index in [9.17, 15) is 26.3 Å². The Balaban J connectivity index is 1.37. The first-order chi connectivity index (χ1) is 17.6. The van der Waals surface area contributed by atoms with Crippen molar-refractivity contribution in [2.24, 2.45) is 0 Å². The maximum Gasteiger partial charge on any atom is 0.574 e. The quantitative estimate of drug-likeness (QED) is 0.359. The summed E-state index contributed by atoms with van der Waals surface area (Å²) in [4.78, 5) is 16.6. The van der Waals surface area contributed by atoms with E-state index in [0.717, 1.165) is 16.8 Å². The SMILES string of the molecule is FC(F)(F)Oc1ccc(-c2nnc(CNc3nc(N4CCOCC4)nc4c(C(F)(F)F)cnn34)[nH]2)cn1. The minimum Gasteiger partial charge on any atom is -0.388 e. The van der Waals surface area contributed by atoms with Crippen LogP contribution < -0.4 is 15.0 Å². The molecule has 1 saturated heterocycles. The number of rotatable bonds is 6. The van der Waals surface area contributed by atoms with Crippen LogP contribution >= 0.6 is 0 Å². The van der Waals surface area contributed by atoms with Crippen molar-refractivity contribution in [1.29, 1.82) is 0 Å². The second-order valence-electron chi connectivity index (χ2n) is 7.64. The van der Waals surface area contributed by atoms with Crippen molar-refractivity contribution in [3.05, 3.63) is 35.9 Å². The summed E-state index contributed by atoms with van der Waals surface area (Å²) in [5.41, 5.74) is -1.11. The second-order valence-corrected chi connectivity index (χ2v) is 7.64. The van der Waals surface area contributed by atoms with Gasteiger partial charge in [0, 0.05) is 30.9 Å². The Kier molecular flexibility index (Phi) is 6.18. The summed E-state index contributed by atoms with van der Waals surface area (Å²) in [5.74, 6) is -0.124. The molecule has 0 spiro atoms. The number of nitrogens with one attached hydrogen (secondary N) is 2. The molecular weight excluding hydrogens is 514 g/mol. The number of hydrogen-bond donors (Lipinski definition) is 2. The van der Waals surface area contributed by atoms with E-state index >= 15 is 0 Å². The van der Waals surface area contributed by atoms with Gasteiger partial charge in [-0.3, -0.25) is 0 Å². The van der Waals surface area contributed by atoms with Crippen molar-refractivity contribution in [3.8, 4) is 17.3 Å². The Labute approximate surface area is 202 Å². The van der Waals surface area contributed by atoms with E-state index < -0.39 is 29.6 Å². The zero-order chi connectivity index (χ0) is 26.2. The minimum absolute atomic E-state index is 0.0183. The molecule has 18 heteroatoms. The van der Waals surface area contributed by atoms with E-state index in [1.807, 2.05) is 0 Å². The first-order valence-corrected chi connectivity index (χ1v) is 10.6. The van der Waals surface area contributed by atoms with E-state index in [1.165, 1.54) is 6.07 Å². The largest absolute Gasteiger partial charge is 0.574 e. The third-order valence-electron chi connectivity index (χ3n) is 5.13. The number of H-pyrrole nitrogens is 1. The number of aromatic amines is 1. The van der Waals surface area contributed by atoms with E-state index in [4.69, 9.17) is 4.74 Å². The molecule has 0 atom stereocenters. The predicted molar refractivity (Wildman–Crippen MR) is 112 cm³/mol. The van der Waals surface area contributed by atoms with Gasteiger partial charge in [-0.2, -0.15) is 32.8 Å². The molecule has 1 aliphatic heterocycles. The summed E-state index contributed by atoms with van der Waals surface area (Å²) in [5, 5.41) is 14.5. The highest BCUT2D eigenvalue weighted by atomic mass is 19.4. The molecule has 0 aliphatic carbocycles. The van der Waals surface area contributed by atoms with Crippen LogP contribution in [0.25, 0.3) is 17.0 Å². The summed E-state index contributed by atoms with van der Waals surface area (Å²) in [6.45, 7) is 1.50. The van der Waals surface area contributed by atoms with Crippen LogP contribution in [0.1, 0.15) is 11.4 Å². The molecule has 0 bridgehead atoms. The summed E-state index contributed by atoms with van der Waals surface area (Å²) >= 11 is 0. The van der Waals surface area contributed by atoms with Crippen LogP contribution in [-0.2, 0) is 17.5 Å². The van der Waals surface area contributed by atoms with Gasteiger partial charge in [-0.15, -0.1) is 23.4 Å². The molecule has 0 unspecified atom stereocenters. The average Bonchev–Trinajstić information content (AvgIpc) is 3.50. The molecule has 5 rings (SSSR count). The van der Waals surface area contributed by atoms with Gasteiger partial charge in [0.05, 0.1) is 26.0 Å². The fourth-order valence-corrected chi connectivity index (χ4v) is 3.45. The van der Waals surface area contributed by atoms with Gasteiger partial charge in [-0.25, -0.2) is 4.98 Å². The van der Waals surface area contributed by atoms with Gasteiger partial charge in [-0.1, -0.05) is 0 Å². The Morgan fingerprint density at radius 3 is 2.49 bits per heavy atom. The molecule has 2 N–H and O–H groups in total. The topological polar surface area (TPSA) is 131 Å². The Hall–Kier alpha value is -4.22. The van der Waals surface area contributed by atoms with Crippen LogP contribution in [0.2, 0.25) is 0 Å². The number of halogens is 6. The number of nitrogens with zero attached hydrogens (tertiary/aromatic N) is 8. The van der Waals surface area contributed by atoms with Crippen molar-refractivity contribution in [2.45, 2.75) is 19.1 Å². The number of ether oxygens (including phenoxy) is 2. The number of fused-ring (bicyclic) bond motifs is 1. The van der Waals surface area contributed by atoms with Crippen LogP contribution in [0, 0.1) is 0 Å². The molecule has 0 radical (unpaired) electrons. The highest BCUT2D eigenvalue weighted by molar-refractivity contribution is 5.57. The molecule has 0 saturated carbocycles. The molecule has 1 fully saturated rings. The average molecular weight is 530 g/mol. The molecule has 4 aromatic rings. The maximum atomic E-state index is 13.5. The van der Waals surface area contributed by atoms with Gasteiger partial charge in [0.15, 0.2) is 11.5 Å². The van der Waals surface area contributed by atoms with Crippen LogP contribution in [0.15, 0.2) is 24.5 Å². The van der Waals surface area contributed by atoms with Crippen LogP contribution in [0.3, 0.4) is 0 Å². The predicted octanol–water partition coefficient (Wildman–Crippen LogP) is 2.67. The molecule has 0 aromatic carbocycles. The van der Waals surface area contributed by atoms with Gasteiger partial charge in [-0.05, 0) is 6.07 Å². The van der Waals surface area contributed by atoms with Gasteiger partial charge in [0.1, 0.15) is 11.4 Å². The lowest BCUT2D eigenvalue weighted by molar-refractivity contribution is -0.276. The molecule has 0 amide bonds. The summed E-state index contributed by atoms with van der Waals surface area (Å²) < 4.78 is 87.4. The standard InChI is InChI=1S/C19H16F6N10O2/c20-18(21,22)11-8-28-35-15(11)30-17(34-3-5-36-6-4-34)31-16(35)27-9-12-29-14(33-32-12)10-1-2-13(26-7-10)37-19(23,24)25/h1-2,7-8H,3-6,9H2,(H,27,30,31)(H,29,32,33). The number of morpholine rings is 1. The number of aromatic nitrogens is 8. The smallest absolute Gasteiger partial charge is 0.388 e. The van der Waals surface area contributed by atoms with E-state index in [-0.39, 0.29) is 30.1 Å². The van der Waals surface area contributed by atoms with E-state index in [2.05, 4.69) is 45.3 Å². The Morgan fingerprint density at radius 2 is 1.81 bits per heavy atom. The highest BCUT2D eigenvalue weighted by Gasteiger charge is 2.36. The molecule has 5 heterocycles. The minimum atomic E-state index is -4.87. The zero-order valence-electron chi connectivity index (χ0n) is 18.5. The lowest BCUT2D eigenvalue weighted by Crippen LogP contribution is -2.37. The van der Waals surface area contributed by atoms with Gasteiger partial charge >= 0.3 is 12.5 Å². The number of hydrogen-bond acceptors (Lipinski definition) is 10. The normalized spacial score (nSPS) is 14.8. The molecule has 4 aromatic heterocycles. The van der Waals surface area contributed by atoms with E-state index in [0.29, 0.717) is 38.1 Å². The van der Waals surface area contributed by atoms with Crippen molar-refractivity contribution in [1.82, 2.24) is 39.7 Å². The van der Waals surface area contributed by atoms with Gasteiger partial charge in [0.25, 0.3) is 0 Å². The van der Waals surface area contributed by atoms with E-state index in [1.54, 1.807) is 4.90 Å². The van der Waals surface area contributed by atoms with Crippen LogP contribution in [0.5, 0.6) is 5.88 Å². The second kappa shape index (κ2) is 9.34. The van der Waals surface area contributed by atoms with Crippen LogP contribution in [-0.4, -0.2) is 72.4 Å². The third-order valence-corrected chi connectivity index (χ3v) is 5.13. The molecule has 196 valence electrons. The number of alkyl halides is 6. The summed E-state index contributed by atoms with van der Waals surface area (Å²) in [6.07, 6.45) is -7.76. The monoisotopic (exact) mass is 530 g/mol. The maximum absolute atomic E-state index is 13.5. The van der Waals surface area contributed by atoms with Crippen molar-refractivity contribution in [3.63, 3.8) is 0 Å². The van der Waals surface area contributed by atoms with Gasteiger partial charge < -0.3 is 24.7 Å². The molecule has 37 heavy (non-hydrogen) atoms. The number of pyridine rings is 1. The Bertz CT molecular complexity index is 1380. The molecular formula is C19H16F6N10O2. The third kappa shape index (κ3) is 5.47. The first kappa shape index (κ1) is 24.5. The lowest BCUT2D eigenvalue weighted by atomic mass is 10.3. The highest BCUT2D eigenvalue weighted by Crippen LogP contribution is 2.33. The van der Waals surface area contributed by atoms with Crippen molar-refractivity contribution < 1.29 is 35.8 Å². The molecule has 12 nitrogen and oxygen atoms in total. The first-order valence-electron chi connectivity index (χ1n) is 10.6. The fourth-order valence-electron chi connectivity index (χ4n) is 3.45. The van der Waals surface area contributed by atoms with Crippen molar-refractivity contribution >= 4 is 17.5 Å². The van der Waals surface area contributed by atoms with Gasteiger partial charge in [0.2, 0.25) is 17.8 Å². The number of anilines is 2. The van der Waals surface area contributed by atoms with Crippen molar-refractivity contribution in [2.75, 3.05) is 36.5 Å². The Morgan fingerprint density at radius 1 is 1.03 bits per heavy atom. The summed E-state index contributed by atoms with van der Waals surface area (Å²) in [6, 6.07) is 2.32. The zero-order valence-corrected chi connectivity index (χ0v) is 18.5. The lowest BCUT2D eigenvalue weighted by Gasteiger charge is -2.27.